The minimum atomic E-state index is -0.327. The summed E-state index contributed by atoms with van der Waals surface area (Å²) in [7, 11) is 3.76. The third kappa shape index (κ3) is 5.79. The number of carbonyl (C=O) groups excluding carboxylic acids is 2. The molecule has 0 aromatic heterocycles. The molecule has 0 heterocycles. The maximum Gasteiger partial charge on any atom is 0.330 e. The fraction of sp³-hybridized carbons (Fsp3) is 0.789. The van der Waals surface area contributed by atoms with Gasteiger partial charge in [-0.1, -0.05) is 32.3 Å². The summed E-state index contributed by atoms with van der Waals surface area (Å²) < 4.78 is 10.2. The SMILES string of the molecule is COC(=O)/C=C\C[C@H]1[C@@H](C)CC(OP)[C@@H]1CNC(=O)C1CCCCC1. The van der Waals surface area contributed by atoms with Crippen molar-refractivity contribution >= 4 is 21.3 Å². The van der Waals surface area contributed by atoms with Crippen LogP contribution in [0.3, 0.4) is 0 Å². The molecule has 6 heteroatoms. The quantitative estimate of drug-likeness (QED) is 0.425. The number of rotatable bonds is 7. The molecular weight excluding hydrogens is 337 g/mol. The third-order valence-corrected chi connectivity index (χ3v) is 6.24. The van der Waals surface area contributed by atoms with Crippen molar-refractivity contribution < 1.29 is 18.8 Å². The molecule has 1 N–H and O–H groups in total. The number of hydrogen-bond acceptors (Lipinski definition) is 4. The average molecular weight is 369 g/mol. The fourth-order valence-corrected chi connectivity index (χ4v) is 4.69. The van der Waals surface area contributed by atoms with E-state index in [0.717, 1.165) is 38.5 Å². The molecule has 0 spiro atoms. The van der Waals surface area contributed by atoms with Crippen LogP contribution in [0.25, 0.3) is 0 Å². The Morgan fingerprint density at radius 2 is 1.92 bits per heavy atom. The highest BCUT2D eigenvalue weighted by molar-refractivity contribution is 7.09. The Morgan fingerprint density at radius 1 is 1.20 bits per heavy atom. The standard InChI is InChI=1S/C19H32NO4P/c1-13-11-17(24-25)16(15(13)9-6-10-18(21)23-2)12-20-19(22)14-7-4-3-5-8-14/h6,10,13-17H,3-5,7-9,11-12,25H2,1-2H3,(H,20,22)/b10-6-/t13-,15-,16+,17?/m0/s1. The van der Waals surface area contributed by atoms with E-state index in [-0.39, 0.29) is 29.8 Å². The highest BCUT2D eigenvalue weighted by Crippen LogP contribution is 2.41. The van der Waals surface area contributed by atoms with E-state index in [4.69, 9.17) is 4.52 Å². The largest absolute Gasteiger partial charge is 0.466 e. The van der Waals surface area contributed by atoms with E-state index >= 15 is 0 Å². The number of esters is 1. The number of amides is 1. The molecular formula is C19H32NO4P. The van der Waals surface area contributed by atoms with Crippen molar-refractivity contribution in [3.05, 3.63) is 12.2 Å². The first-order valence-corrected chi connectivity index (χ1v) is 9.91. The minimum absolute atomic E-state index is 0.128. The van der Waals surface area contributed by atoms with Crippen LogP contribution in [0.4, 0.5) is 0 Å². The third-order valence-electron chi connectivity index (χ3n) is 5.89. The van der Waals surface area contributed by atoms with E-state index in [1.54, 1.807) is 0 Å². The van der Waals surface area contributed by atoms with Crippen LogP contribution in [-0.4, -0.2) is 31.6 Å². The zero-order valence-electron chi connectivity index (χ0n) is 15.4. The highest BCUT2D eigenvalue weighted by Gasteiger charge is 2.40. The van der Waals surface area contributed by atoms with Crippen molar-refractivity contribution in [3.63, 3.8) is 0 Å². The molecule has 2 aliphatic rings. The predicted octanol–water partition coefficient (Wildman–Crippen LogP) is 3.25. The van der Waals surface area contributed by atoms with Gasteiger partial charge in [0.25, 0.3) is 0 Å². The van der Waals surface area contributed by atoms with Gasteiger partial charge in [0, 0.05) is 33.9 Å². The monoisotopic (exact) mass is 369 g/mol. The van der Waals surface area contributed by atoms with E-state index in [2.05, 4.69) is 26.4 Å². The summed E-state index contributed by atoms with van der Waals surface area (Å²) in [6.45, 7) is 2.87. The maximum atomic E-state index is 12.4. The van der Waals surface area contributed by atoms with Gasteiger partial charge < -0.3 is 14.6 Å². The van der Waals surface area contributed by atoms with Gasteiger partial charge in [0.2, 0.25) is 5.91 Å². The van der Waals surface area contributed by atoms with E-state index in [0.29, 0.717) is 18.4 Å². The van der Waals surface area contributed by atoms with E-state index in [1.807, 2.05) is 6.08 Å². The summed E-state index contributed by atoms with van der Waals surface area (Å²) in [6.07, 6.45) is 10.9. The Labute approximate surface area is 153 Å². The molecule has 2 unspecified atom stereocenters. The molecule has 2 rings (SSSR count). The van der Waals surface area contributed by atoms with Crippen molar-refractivity contribution in [3.8, 4) is 0 Å². The van der Waals surface area contributed by atoms with Gasteiger partial charge in [-0.15, -0.1) is 0 Å². The van der Waals surface area contributed by atoms with E-state index < -0.39 is 0 Å². The second kappa shape index (κ2) is 10.3. The molecule has 0 radical (unpaired) electrons. The molecule has 142 valence electrons. The summed E-state index contributed by atoms with van der Waals surface area (Å²) in [5, 5.41) is 3.18. The molecule has 1 amide bonds. The molecule has 0 bridgehead atoms. The van der Waals surface area contributed by atoms with Gasteiger partial charge in [0.1, 0.15) is 0 Å². The van der Waals surface area contributed by atoms with Gasteiger partial charge in [0.15, 0.2) is 0 Å². The van der Waals surface area contributed by atoms with Crippen molar-refractivity contribution in [2.45, 2.75) is 58.0 Å². The maximum absolute atomic E-state index is 12.4. The van der Waals surface area contributed by atoms with Gasteiger partial charge in [0.05, 0.1) is 13.2 Å². The van der Waals surface area contributed by atoms with Crippen molar-refractivity contribution in [1.29, 1.82) is 0 Å². The molecule has 2 fully saturated rings. The number of carbonyl (C=O) groups is 2. The van der Waals surface area contributed by atoms with Crippen molar-refractivity contribution in [2.75, 3.05) is 13.7 Å². The normalized spacial score (nSPS) is 30.5. The van der Waals surface area contributed by atoms with Gasteiger partial charge in [-0.2, -0.15) is 0 Å². The minimum Gasteiger partial charge on any atom is -0.466 e. The van der Waals surface area contributed by atoms with Gasteiger partial charge >= 0.3 is 5.97 Å². The molecule has 2 saturated carbocycles. The number of allylic oxidation sites excluding steroid dienone is 1. The lowest BCUT2D eigenvalue weighted by molar-refractivity contribution is -0.134. The lowest BCUT2D eigenvalue weighted by Crippen LogP contribution is -2.39. The lowest BCUT2D eigenvalue weighted by atomic mass is 9.86. The Morgan fingerprint density at radius 3 is 2.56 bits per heavy atom. The number of ether oxygens (including phenoxy) is 1. The van der Waals surface area contributed by atoms with Gasteiger partial charge in [-0.25, -0.2) is 4.79 Å². The topological polar surface area (TPSA) is 64.6 Å². The Bertz CT molecular complexity index is 476. The smallest absolute Gasteiger partial charge is 0.330 e. The molecule has 0 aromatic rings. The van der Waals surface area contributed by atoms with Crippen molar-refractivity contribution in [1.82, 2.24) is 5.32 Å². The van der Waals surface area contributed by atoms with Crippen LogP contribution >= 0.6 is 9.47 Å². The average Bonchev–Trinajstić information content (AvgIpc) is 2.95. The van der Waals surface area contributed by atoms with Crippen LogP contribution in [-0.2, 0) is 18.8 Å². The molecule has 5 nitrogen and oxygen atoms in total. The molecule has 0 saturated heterocycles. The number of methoxy groups -OCH3 is 1. The Hall–Kier alpha value is -0.930. The summed E-state index contributed by atoms with van der Waals surface area (Å²) in [5.74, 6) is 1.20. The second-order valence-electron chi connectivity index (χ2n) is 7.46. The molecule has 0 aromatic carbocycles. The van der Waals surface area contributed by atoms with Crippen LogP contribution in [0.15, 0.2) is 12.2 Å². The zero-order valence-corrected chi connectivity index (χ0v) is 16.6. The summed E-state index contributed by atoms with van der Waals surface area (Å²) in [4.78, 5) is 23.7. The predicted molar refractivity (Wildman–Crippen MR) is 101 cm³/mol. The van der Waals surface area contributed by atoms with Crippen LogP contribution in [0.2, 0.25) is 0 Å². The first-order valence-electron chi connectivity index (χ1n) is 9.44. The molecule has 5 atom stereocenters. The van der Waals surface area contributed by atoms with E-state index in [9.17, 15) is 9.59 Å². The lowest BCUT2D eigenvalue weighted by Gasteiger charge is -2.27. The summed E-state index contributed by atoms with van der Waals surface area (Å²) >= 11 is 0. The van der Waals surface area contributed by atoms with Gasteiger partial charge in [-0.3, -0.25) is 4.79 Å². The van der Waals surface area contributed by atoms with Crippen LogP contribution in [0.1, 0.15) is 51.9 Å². The number of hydrogen-bond donors (Lipinski definition) is 1. The van der Waals surface area contributed by atoms with E-state index in [1.165, 1.54) is 19.6 Å². The zero-order chi connectivity index (χ0) is 18.2. The number of nitrogens with one attached hydrogen (secondary N) is 1. The Kier molecular flexibility index (Phi) is 8.38. The first kappa shape index (κ1) is 20.4. The summed E-state index contributed by atoms with van der Waals surface area (Å²) in [6, 6.07) is 0. The molecule has 25 heavy (non-hydrogen) atoms. The first-order chi connectivity index (χ1) is 12.1. The van der Waals surface area contributed by atoms with Crippen molar-refractivity contribution in [2.24, 2.45) is 23.7 Å². The van der Waals surface area contributed by atoms with Crippen LogP contribution in [0, 0.1) is 23.7 Å². The second-order valence-corrected chi connectivity index (χ2v) is 7.73. The van der Waals surface area contributed by atoms with Crippen LogP contribution < -0.4 is 5.32 Å². The fourth-order valence-electron chi connectivity index (χ4n) is 4.38. The van der Waals surface area contributed by atoms with Gasteiger partial charge in [-0.05, 0) is 37.5 Å². The summed E-state index contributed by atoms with van der Waals surface area (Å²) in [5.41, 5.74) is 0. The molecule has 0 aliphatic heterocycles. The molecule has 2 aliphatic carbocycles. The highest BCUT2D eigenvalue weighted by atomic mass is 31.0. The van der Waals surface area contributed by atoms with Crippen LogP contribution in [0.5, 0.6) is 0 Å². The Balaban J connectivity index is 1.91.